The van der Waals surface area contributed by atoms with Crippen LogP contribution in [0, 0.1) is 5.92 Å². The summed E-state index contributed by atoms with van der Waals surface area (Å²) in [6, 6.07) is 16.5. The van der Waals surface area contributed by atoms with Crippen LogP contribution in [-0.4, -0.2) is 53.7 Å². The smallest absolute Gasteiger partial charge is 0.241 e. The molecule has 0 radical (unpaired) electrons. The zero-order chi connectivity index (χ0) is 23.3. The predicted octanol–water partition coefficient (Wildman–Crippen LogP) is 4.28. The summed E-state index contributed by atoms with van der Waals surface area (Å²) in [7, 11) is 0. The molecule has 3 aromatic rings. The number of benzene rings is 2. The Balaban J connectivity index is 1.02. The number of piperidine rings is 1. The molecular formula is C26H30BrN5O2. The minimum absolute atomic E-state index is 0.0867. The summed E-state index contributed by atoms with van der Waals surface area (Å²) < 4.78 is 6.45. The number of fused-ring (bicyclic) bond motifs is 1. The molecule has 1 aromatic heterocycles. The lowest BCUT2D eigenvalue weighted by molar-refractivity contribution is -0.126. The van der Waals surface area contributed by atoms with Gasteiger partial charge in [-0.3, -0.25) is 9.69 Å². The zero-order valence-electron chi connectivity index (χ0n) is 19.3. The van der Waals surface area contributed by atoms with Gasteiger partial charge in [-0.25, -0.2) is 0 Å². The highest BCUT2D eigenvalue weighted by atomic mass is 79.9. The second-order valence-electron chi connectivity index (χ2n) is 9.08. The SMILES string of the molecule is O=C(NCCCN1CCc2ccccc21)C1CCN(Cc2nc(-c3cccc(Br)c3)no2)CC1. The van der Waals surface area contributed by atoms with Crippen molar-refractivity contribution in [2.75, 3.05) is 37.6 Å². The Hall–Kier alpha value is -2.71. The van der Waals surface area contributed by atoms with Crippen LogP contribution < -0.4 is 10.2 Å². The molecule has 0 atom stereocenters. The van der Waals surface area contributed by atoms with E-state index < -0.39 is 0 Å². The molecule has 178 valence electrons. The molecule has 1 fully saturated rings. The van der Waals surface area contributed by atoms with Gasteiger partial charge in [0.15, 0.2) is 0 Å². The minimum Gasteiger partial charge on any atom is -0.371 e. The van der Waals surface area contributed by atoms with Crippen LogP contribution in [0.1, 0.15) is 30.7 Å². The maximum atomic E-state index is 12.7. The van der Waals surface area contributed by atoms with Crippen molar-refractivity contribution < 1.29 is 9.32 Å². The number of halogens is 1. The van der Waals surface area contributed by atoms with Crippen molar-refractivity contribution in [2.45, 2.75) is 32.2 Å². The summed E-state index contributed by atoms with van der Waals surface area (Å²) in [6.45, 7) is 5.14. The topological polar surface area (TPSA) is 74.5 Å². The van der Waals surface area contributed by atoms with Gasteiger partial charge in [-0.15, -0.1) is 0 Å². The van der Waals surface area contributed by atoms with Crippen molar-refractivity contribution in [2.24, 2.45) is 5.92 Å². The summed E-state index contributed by atoms with van der Waals surface area (Å²) in [6.07, 6.45) is 3.81. The number of nitrogens with zero attached hydrogens (tertiary/aromatic N) is 4. The van der Waals surface area contributed by atoms with Crippen molar-refractivity contribution in [1.29, 1.82) is 0 Å². The van der Waals surface area contributed by atoms with E-state index in [0.29, 0.717) is 18.3 Å². The van der Waals surface area contributed by atoms with Gasteiger partial charge in [-0.1, -0.05) is 51.4 Å². The van der Waals surface area contributed by atoms with Gasteiger partial charge in [0.2, 0.25) is 17.6 Å². The van der Waals surface area contributed by atoms with E-state index >= 15 is 0 Å². The molecule has 2 aliphatic heterocycles. The Bertz CT molecular complexity index is 1130. The molecule has 0 saturated carbocycles. The molecule has 2 aliphatic rings. The number of hydrogen-bond donors (Lipinski definition) is 1. The Morgan fingerprint density at radius 1 is 1.12 bits per heavy atom. The van der Waals surface area contributed by atoms with E-state index in [9.17, 15) is 4.79 Å². The molecule has 1 saturated heterocycles. The van der Waals surface area contributed by atoms with E-state index in [-0.39, 0.29) is 11.8 Å². The molecular weight excluding hydrogens is 494 g/mol. The second kappa shape index (κ2) is 10.7. The molecule has 2 aromatic carbocycles. The van der Waals surface area contributed by atoms with E-state index in [2.05, 4.69) is 65.5 Å². The lowest BCUT2D eigenvalue weighted by atomic mass is 9.96. The fourth-order valence-corrected chi connectivity index (χ4v) is 5.27. The summed E-state index contributed by atoms with van der Waals surface area (Å²) >= 11 is 3.47. The second-order valence-corrected chi connectivity index (χ2v) is 10.00. The van der Waals surface area contributed by atoms with E-state index in [4.69, 9.17) is 4.52 Å². The number of carbonyl (C=O) groups is 1. The Morgan fingerprint density at radius 3 is 2.82 bits per heavy atom. The van der Waals surface area contributed by atoms with Gasteiger partial charge in [0.05, 0.1) is 6.54 Å². The zero-order valence-corrected chi connectivity index (χ0v) is 20.8. The van der Waals surface area contributed by atoms with E-state index in [1.165, 1.54) is 11.3 Å². The number of amides is 1. The summed E-state index contributed by atoms with van der Waals surface area (Å²) in [5.74, 6) is 1.49. The third-order valence-corrected chi connectivity index (χ3v) is 7.25. The van der Waals surface area contributed by atoms with Crippen molar-refractivity contribution >= 4 is 27.5 Å². The third-order valence-electron chi connectivity index (χ3n) is 6.76. The van der Waals surface area contributed by atoms with Crippen LogP contribution in [0.2, 0.25) is 0 Å². The number of para-hydroxylation sites is 1. The van der Waals surface area contributed by atoms with E-state index in [1.807, 2.05) is 24.3 Å². The molecule has 0 unspecified atom stereocenters. The molecule has 0 spiro atoms. The largest absolute Gasteiger partial charge is 0.371 e. The highest BCUT2D eigenvalue weighted by molar-refractivity contribution is 9.10. The van der Waals surface area contributed by atoms with Crippen LogP contribution in [0.15, 0.2) is 57.5 Å². The first-order chi connectivity index (χ1) is 16.7. The molecule has 34 heavy (non-hydrogen) atoms. The minimum atomic E-state index is 0.0867. The fraction of sp³-hybridized carbons (Fsp3) is 0.423. The van der Waals surface area contributed by atoms with E-state index in [1.54, 1.807) is 0 Å². The molecule has 0 bridgehead atoms. The number of aromatic nitrogens is 2. The molecule has 8 heteroatoms. The average Bonchev–Trinajstić information content (AvgIpc) is 3.49. The fourth-order valence-electron chi connectivity index (χ4n) is 4.87. The summed E-state index contributed by atoms with van der Waals surface area (Å²) in [5.41, 5.74) is 3.71. The van der Waals surface area contributed by atoms with Crippen molar-refractivity contribution in [3.05, 3.63) is 64.5 Å². The van der Waals surface area contributed by atoms with Gasteiger partial charge in [0.1, 0.15) is 0 Å². The number of likely N-dealkylation sites (tertiary alicyclic amines) is 1. The number of carbonyl (C=O) groups excluding carboxylic acids is 1. The number of anilines is 1. The number of hydrogen-bond acceptors (Lipinski definition) is 6. The van der Waals surface area contributed by atoms with Gasteiger partial charge in [-0.2, -0.15) is 4.98 Å². The lowest BCUT2D eigenvalue weighted by Gasteiger charge is -2.30. The summed E-state index contributed by atoms with van der Waals surface area (Å²) in [4.78, 5) is 21.9. The van der Waals surface area contributed by atoms with Crippen LogP contribution in [0.4, 0.5) is 5.69 Å². The molecule has 5 rings (SSSR count). The number of nitrogens with one attached hydrogen (secondary N) is 1. The first-order valence-corrected chi connectivity index (χ1v) is 12.9. The van der Waals surface area contributed by atoms with Crippen LogP contribution in [0.25, 0.3) is 11.4 Å². The van der Waals surface area contributed by atoms with Crippen molar-refractivity contribution in [3.63, 3.8) is 0 Å². The van der Waals surface area contributed by atoms with Gasteiger partial charge in [-0.05, 0) is 62.5 Å². The first-order valence-electron chi connectivity index (χ1n) is 12.1. The Labute approximate surface area is 208 Å². The van der Waals surface area contributed by atoms with Gasteiger partial charge < -0.3 is 14.7 Å². The average molecular weight is 524 g/mol. The van der Waals surface area contributed by atoms with Crippen LogP contribution in [-0.2, 0) is 17.8 Å². The molecule has 7 nitrogen and oxygen atoms in total. The first kappa shape index (κ1) is 23.1. The third kappa shape index (κ3) is 5.50. The molecule has 3 heterocycles. The Morgan fingerprint density at radius 2 is 1.97 bits per heavy atom. The molecule has 1 amide bonds. The van der Waals surface area contributed by atoms with Crippen LogP contribution in [0.5, 0.6) is 0 Å². The maximum absolute atomic E-state index is 12.7. The monoisotopic (exact) mass is 523 g/mol. The van der Waals surface area contributed by atoms with Gasteiger partial charge >= 0.3 is 0 Å². The van der Waals surface area contributed by atoms with Crippen molar-refractivity contribution in [1.82, 2.24) is 20.4 Å². The number of rotatable bonds is 8. The maximum Gasteiger partial charge on any atom is 0.241 e. The summed E-state index contributed by atoms with van der Waals surface area (Å²) in [5, 5.41) is 7.28. The van der Waals surface area contributed by atoms with Gasteiger partial charge in [0, 0.05) is 41.3 Å². The highest BCUT2D eigenvalue weighted by Crippen LogP contribution is 2.27. The predicted molar refractivity (Wildman–Crippen MR) is 135 cm³/mol. The quantitative estimate of drug-likeness (QED) is 0.444. The van der Waals surface area contributed by atoms with E-state index in [0.717, 1.165) is 68.4 Å². The normalized spacial score (nSPS) is 16.6. The van der Waals surface area contributed by atoms with Crippen molar-refractivity contribution in [3.8, 4) is 11.4 Å². The Kier molecular flexibility index (Phi) is 7.25. The van der Waals surface area contributed by atoms with Crippen LogP contribution in [0.3, 0.4) is 0 Å². The van der Waals surface area contributed by atoms with Crippen LogP contribution >= 0.6 is 15.9 Å². The highest BCUT2D eigenvalue weighted by Gasteiger charge is 2.26. The standard InChI is InChI=1S/C26H30BrN5O2/c27-22-7-3-6-21(17-22)25-29-24(34-30-25)18-31-14-9-20(10-15-31)26(33)28-12-4-13-32-16-11-19-5-1-2-8-23(19)32/h1-3,5-8,17,20H,4,9-16,18H2,(H,28,33). The molecule has 0 aliphatic carbocycles. The molecule has 1 N–H and O–H groups in total. The lowest BCUT2D eigenvalue weighted by Crippen LogP contribution is -2.40. The van der Waals surface area contributed by atoms with Gasteiger partial charge in [0.25, 0.3) is 0 Å².